The number of aryl methyl sites for hydroxylation is 1. The van der Waals surface area contributed by atoms with Crippen molar-refractivity contribution in [3.05, 3.63) is 57.8 Å². The minimum Gasteiger partial charge on any atom is -0.379 e. The Bertz CT molecular complexity index is 722. The van der Waals surface area contributed by atoms with Gasteiger partial charge in [0, 0.05) is 30.1 Å². The first-order valence-corrected chi connectivity index (χ1v) is 10.3. The van der Waals surface area contributed by atoms with Crippen LogP contribution in [-0.4, -0.2) is 49.3 Å². The van der Waals surface area contributed by atoms with Crippen molar-refractivity contribution in [2.75, 3.05) is 32.8 Å². The van der Waals surface area contributed by atoms with Gasteiger partial charge in [-0.3, -0.25) is 4.90 Å². The fourth-order valence-electron chi connectivity index (χ4n) is 3.29. The highest BCUT2D eigenvalue weighted by Gasteiger charge is 2.29. The Morgan fingerprint density at radius 1 is 1.22 bits per heavy atom. The highest BCUT2D eigenvalue weighted by molar-refractivity contribution is 7.10. The number of morpholine rings is 1. The van der Waals surface area contributed by atoms with Gasteiger partial charge in [0.2, 0.25) is 0 Å². The van der Waals surface area contributed by atoms with E-state index < -0.39 is 0 Å². The molecule has 1 saturated heterocycles. The molecule has 0 aliphatic carbocycles. The van der Waals surface area contributed by atoms with Gasteiger partial charge in [0.05, 0.1) is 19.3 Å². The largest absolute Gasteiger partial charge is 0.379 e. The van der Waals surface area contributed by atoms with Crippen LogP contribution in [0.15, 0.2) is 41.8 Å². The van der Waals surface area contributed by atoms with E-state index in [2.05, 4.69) is 66.6 Å². The smallest absolute Gasteiger partial charge is 0.315 e. The molecule has 1 atom stereocenters. The van der Waals surface area contributed by atoms with Crippen LogP contribution >= 0.6 is 11.3 Å². The van der Waals surface area contributed by atoms with Crippen LogP contribution in [0.5, 0.6) is 0 Å². The van der Waals surface area contributed by atoms with E-state index in [9.17, 15) is 4.79 Å². The number of urea groups is 1. The van der Waals surface area contributed by atoms with Crippen LogP contribution in [0.1, 0.15) is 35.9 Å². The second-order valence-electron chi connectivity index (χ2n) is 7.60. The maximum absolute atomic E-state index is 12.7. The van der Waals surface area contributed by atoms with Crippen molar-refractivity contribution in [1.29, 1.82) is 0 Å². The van der Waals surface area contributed by atoms with E-state index in [0.29, 0.717) is 6.54 Å². The molecular weight excluding hydrogens is 358 g/mol. The van der Waals surface area contributed by atoms with Crippen molar-refractivity contribution in [1.82, 2.24) is 15.5 Å². The molecule has 0 saturated carbocycles. The van der Waals surface area contributed by atoms with Gasteiger partial charge in [0.25, 0.3) is 0 Å². The molecule has 1 fully saturated rings. The minimum atomic E-state index is -0.143. The van der Waals surface area contributed by atoms with Gasteiger partial charge >= 0.3 is 6.03 Å². The summed E-state index contributed by atoms with van der Waals surface area (Å²) in [6.07, 6.45) is 0. The lowest BCUT2D eigenvalue weighted by molar-refractivity contribution is -0.00875. The standard InChI is InChI=1S/C21H29N3O2S/c1-16-6-8-17(9-7-16)19(18-5-4-14-27-18)23-20(25)22-15-21(2,3)24-10-12-26-13-11-24/h4-9,14,19H,10-13,15H2,1-3H3,(H2,22,23,25). The number of ether oxygens (including phenoxy) is 1. The quantitative estimate of drug-likeness (QED) is 0.797. The number of carbonyl (C=O) groups excluding carboxylic acids is 1. The molecule has 0 bridgehead atoms. The Hall–Kier alpha value is -1.89. The predicted octanol–water partition coefficient (Wildman–Crippen LogP) is 3.56. The summed E-state index contributed by atoms with van der Waals surface area (Å²) in [6, 6.07) is 12.1. The molecule has 2 N–H and O–H groups in total. The second kappa shape index (κ2) is 8.87. The van der Waals surface area contributed by atoms with Gasteiger partial charge in [-0.1, -0.05) is 35.9 Å². The molecule has 3 rings (SSSR count). The van der Waals surface area contributed by atoms with Gasteiger partial charge in [-0.25, -0.2) is 4.79 Å². The number of hydrogen-bond acceptors (Lipinski definition) is 4. The number of nitrogens with one attached hydrogen (secondary N) is 2. The second-order valence-corrected chi connectivity index (χ2v) is 8.58. The zero-order valence-electron chi connectivity index (χ0n) is 16.3. The van der Waals surface area contributed by atoms with Gasteiger partial charge in [-0.05, 0) is 37.8 Å². The van der Waals surface area contributed by atoms with Crippen LogP contribution in [0.4, 0.5) is 4.79 Å². The molecule has 1 unspecified atom stereocenters. The molecule has 146 valence electrons. The van der Waals surface area contributed by atoms with Crippen molar-refractivity contribution in [3.8, 4) is 0 Å². The van der Waals surface area contributed by atoms with Gasteiger partial charge in [0.1, 0.15) is 0 Å². The van der Waals surface area contributed by atoms with Gasteiger partial charge in [-0.2, -0.15) is 0 Å². The fourth-order valence-corrected chi connectivity index (χ4v) is 4.09. The fraction of sp³-hybridized carbons (Fsp3) is 0.476. The summed E-state index contributed by atoms with van der Waals surface area (Å²) in [5, 5.41) is 8.25. The first-order valence-electron chi connectivity index (χ1n) is 9.43. The van der Waals surface area contributed by atoms with Crippen LogP contribution in [0.3, 0.4) is 0 Å². The summed E-state index contributed by atoms with van der Waals surface area (Å²) >= 11 is 1.65. The lowest BCUT2D eigenvalue weighted by Crippen LogP contribution is -2.56. The molecule has 0 spiro atoms. The molecule has 2 aromatic rings. The Morgan fingerprint density at radius 2 is 1.93 bits per heavy atom. The van der Waals surface area contributed by atoms with Crippen LogP contribution < -0.4 is 10.6 Å². The molecule has 6 heteroatoms. The molecular formula is C21H29N3O2S. The lowest BCUT2D eigenvalue weighted by Gasteiger charge is -2.40. The lowest BCUT2D eigenvalue weighted by atomic mass is 10.0. The van der Waals surface area contributed by atoms with E-state index in [-0.39, 0.29) is 17.6 Å². The SMILES string of the molecule is Cc1ccc(C(NC(=O)NCC(C)(C)N2CCOCC2)c2cccs2)cc1. The average Bonchev–Trinajstić information content (AvgIpc) is 3.21. The van der Waals surface area contributed by atoms with Crippen molar-refractivity contribution >= 4 is 17.4 Å². The third-order valence-electron chi connectivity index (χ3n) is 5.06. The molecule has 27 heavy (non-hydrogen) atoms. The number of rotatable bonds is 6. The topological polar surface area (TPSA) is 53.6 Å². The summed E-state index contributed by atoms with van der Waals surface area (Å²) in [7, 11) is 0. The Balaban J connectivity index is 1.63. The number of nitrogens with zero attached hydrogens (tertiary/aromatic N) is 1. The summed E-state index contributed by atoms with van der Waals surface area (Å²) < 4.78 is 5.43. The number of carbonyl (C=O) groups is 1. The third-order valence-corrected chi connectivity index (χ3v) is 6.00. The Kier molecular flexibility index (Phi) is 6.52. The molecule has 1 aromatic carbocycles. The molecule has 5 nitrogen and oxygen atoms in total. The monoisotopic (exact) mass is 387 g/mol. The maximum Gasteiger partial charge on any atom is 0.315 e. The average molecular weight is 388 g/mol. The zero-order chi connectivity index (χ0) is 19.3. The first kappa shape index (κ1) is 19.9. The van der Waals surface area contributed by atoms with Crippen LogP contribution in [0, 0.1) is 6.92 Å². The number of thiophene rings is 1. The zero-order valence-corrected chi connectivity index (χ0v) is 17.1. The summed E-state index contributed by atoms with van der Waals surface area (Å²) in [5.74, 6) is 0. The van der Waals surface area contributed by atoms with Crippen LogP contribution in [0.2, 0.25) is 0 Å². The van der Waals surface area contributed by atoms with E-state index in [1.807, 2.05) is 11.4 Å². The van der Waals surface area contributed by atoms with Gasteiger partial charge < -0.3 is 15.4 Å². The number of amides is 2. The summed E-state index contributed by atoms with van der Waals surface area (Å²) in [4.78, 5) is 16.2. The van der Waals surface area contributed by atoms with E-state index in [1.165, 1.54) is 5.56 Å². The van der Waals surface area contributed by atoms with E-state index in [0.717, 1.165) is 36.7 Å². The van der Waals surface area contributed by atoms with Crippen molar-refractivity contribution in [3.63, 3.8) is 0 Å². The molecule has 1 aromatic heterocycles. The van der Waals surface area contributed by atoms with Crippen LogP contribution in [-0.2, 0) is 4.74 Å². The molecule has 0 radical (unpaired) electrons. The van der Waals surface area contributed by atoms with E-state index in [4.69, 9.17) is 4.74 Å². The number of hydrogen-bond donors (Lipinski definition) is 2. The number of benzene rings is 1. The first-order chi connectivity index (χ1) is 13.0. The van der Waals surface area contributed by atoms with Gasteiger partial charge in [-0.15, -0.1) is 11.3 Å². The normalized spacial score (nSPS) is 16.7. The van der Waals surface area contributed by atoms with Crippen molar-refractivity contribution < 1.29 is 9.53 Å². The molecule has 2 heterocycles. The van der Waals surface area contributed by atoms with Crippen molar-refractivity contribution in [2.24, 2.45) is 0 Å². The molecule has 2 amide bonds. The predicted molar refractivity (Wildman–Crippen MR) is 110 cm³/mol. The highest BCUT2D eigenvalue weighted by atomic mass is 32.1. The Morgan fingerprint density at radius 3 is 2.56 bits per heavy atom. The summed E-state index contributed by atoms with van der Waals surface area (Å²) in [6.45, 7) is 10.3. The van der Waals surface area contributed by atoms with Crippen molar-refractivity contribution in [2.45, 2.75) is 32.4 Å². The van der Waals surface area contributed by atoms with Crippen LogP contribution in [0.25, 0.3) is 0 Å². The minimum absolute atomic E-state index is 0.108. The highest BCUT2D eigenvalue weighted by Crippen LogP contribution is 2.26. The van der Waals surface area contributed by atoms with E-state index in [1.54, 1.807) is 11.3 Å². The Labute approximate surface area is 165 Å². The molecule has 1 aliphatic rings. The van der Waals surface area contributed by atoms with Gasteiger partial charge in [0.15, 0.2) is 0 Å². The summed E-state index contributed by atoms with van der Waals surface area (Å²) in [5.41, 5.74) is 2.19. The molecule has 1 aliphatic heterocycles. The van der Waals surface area contributed by atoms with E-state index >= 15 is 0 Å². The maximum atomic E-state index is 12.7. The third kappa shape index (κ3) is 5.31.